The van der Waals surface area contributed by atoms with Crippen molar-refractivity contribution in [1.82, 2.24) is 0 Å². The van der Waals surface area contributed by atoms with Crippen molar-refractivity contribution in [3.05, 3.63) is 41.9 Å². The maximum absolute atomic E-state index is 8.82. The molecule has 110 valence electrons. The minimum absolute atomic E-state index is 0.0653. The van der Waals surface area contributed by atoms with E-state index in [1.807, 2.05) is 12.1 Å². The quantitative estimate of drug-likeness (QED) is 0.811. The molecule has 0 aliphatic heterocycles. The van der Waals surface area contributed by atoms with Crippen LogP contribution >= 0.6 is 0 Å². The Morgan fingerprint density at radius 1 is 1.29 bits per heavy atom. The largest absolute Gasteiger partial charge is 0.493 e. The maximum Gasteiger partial charge on any atom is 0.203 e. The zero-order valence-electron chi connectivity index (χ0n) is 11.6. The predicted molar refractivity (Wildman–Crippen MR) is 76.3 cm³/mol. The number of anilines is 1. The third-order valence-corrected chi connectivity index (χ3v) is 2.75. The molecule has 2 rings (SSSR count). The number of aliphatic hydroxyl groups is 1. The normalized spacial score (nSPS) is 9.95. The summed E-state index contributed by atoms with van der Waals surface area (Å²) < 4.78 is 15.9. The van der Waals surface area contributed by atoms with Crippen LogP contribution in [0, 0.1) is 11.3 Å². The average Bonchev–Trinajstić information content (AvgIpc) is 2.99. The van der Waals surface area contributed by atoms with Crippen molar-refractivity contribution in [2.45, 2.75) is 6.54 Å². The highest BCUT2D eigenvalue weighted by Crippen LogP contribution is 2.30. The van der Waals surface area contributed by atoms with Crippen LogP contribution in [0.5, 0.6) is 11.5 Å². The molecule has 0 saturated carbocycles. The smallest absolute Gasteiger partial charge is 0.203 e. The Balaban J connectivity index is 2.04. The van der Waals surface area contributed by atoms with Crippen molar-refractivity contribution in [2.24, 2.45) is 0 Å². The molecule has 0 spiro atoms. The molecule has 6 heteroatoms. The van der Waals surface area contributed by atoms with Crippen LogP contribution in [0.15, 0.2) is 34.7 Å². The van der Waals surface area contributed by atoms with Crippen molar-refractivity contribution < 1.29 is 19.0 Å². The molecule has 0 aliphatic rings. The lowest BCUT2D eigenvalue weighted by molar-refractivity contribution is 0.196. The molecule has 0 unspecified atom stereocenters. The summed E-state index contributed by atoms with van der Waals surface area (Å²) in [6.07, 6.45) is 0. The Labute approximate surface area is 122 Å². The number of hydrogen-bond acceptors (Lipinski definition) is 6. The summed E-state index contributed by atoms with van der Waals surface area (Å²) in [5.74, 6) is 2.10. The Morgan fingerprint density at radius 3 is 2.81 bits per heavy atom. The number of aliphatic hydroxyl groups excluding tert-OH is 1. The van der Waals surface area contributed by atoms with Gasteiger partial charge in [-0.2, -0.15) is 5.26 Å². The second kappa shape index (κ2) is 7.22. The summed E-state index contributed by atoms with van der Waals surface area (Å²) in [6, 6.07) is 10.7. The monoisotopic (exact) mass is 288 g/mol. The number of furan rings is 1. The van der Waals surface area contributed by atoms with E-state index < -0.39 is 0 Å². The number of benzene rings is 1. The molecule has 2 N–H and O–H groups in total. The van der Waals surface area contributed by atoms with Crippen LogP contribution in [0.4, 0.5) is 5.69 Å². The molecule has 0 saturated heterocycles. The molecule has 1 aromatic carbocycles. The molecule has 1 aromatic heterocycles. The van der Waals surface area contributed by atoms with Gasteiger partial charge in [0.1, 0.15) is 18.4 Å². The molecule has 0 radical (unpaired) electrons. The summed E-state index contributed by atoms with van der Waals surface area (Å²) in [4.78, 5) is 0. The van der Waals surface area contributed by atoms with E-state index in [0.717, 1.165) is 5.69 Å². The standard InChI is InChI=1S/C15H16N2O4/c1-19-14-5-2-11(8-15(14)20-7-6-18)17-10-13-4-3-12(9-16)21-13/h2-5,8,17-18H,6-7,10H2,1H3. The van der Waals surface area contributed by atoms with Crippen LogP contribution in [0.25, 0.3) is 0 Å². The van der Waals surface area contributed by atoms with Crippen LogP contribution in [0.3, 0.4) is 0 Å². The summed E-state index contributed by atoms with van der Waals surface area (Å²) >= 11 is 0. The van der Waals surface area contributed by atoms with Crippen LogP contribution in [0.2, 0.25) is 0 Å². The fraction of sp³-hybridized carbons (Fsp3) is 0.267. The number of ether oxygens (including phenoxy) is 2. The first-order chi connectivity index (χ1) is 10.3. The summed E-state index contributed by atoms with van der Waals surface area (Å²) in [7, 11) is 1.56. The third kappa shape index (κ3) is 3.91. The maximum atomic E-state index is 8.82. The molecular weight excluding hydrogens is 272 g/mol. The Hall–Kier alpha value is -2.65. The van der Waals surface area contributed by atoms with E-state index in [2.05, 4.69) is 5.32 Å². The molecule has 0 fully saturated rings. The highest BCUT2D eigenvalue weighted by Gasteiger charge is 2.07. The zero-order valence-corrected chi connectivity index (χ0v) is 11.6. The fourth-order valence-corrected chi connectivity index (χ4v) is 1.78. The molecule has 0 atom stereocenters. The van der Waals surface area contributed by atoms with Crippen molar-refractivity contribution in [3.63, 3.8) is 0 Å². The first kappa shape index (κ1) is 14.8. The lowest BCUT2D eigenvalue weighted by Gasteiger charge is -2.12. The molecule has 21 heavy (non-hydrogen) atoms. The lowest BCUT2D eigenvalue weighted by Crippen LogP contribution is -2.04. The van der Waals surface area contributed by atoms with Crippen LogP contribution in [-0.4, -0.2) is 25.4 Å². The van der Waals surface area contributed by atoms with Gasteiger partial charge in [0, 0.05) is 11.8 Å². The van der Waals surface area contributed by atoms with Crippen molar-refractivity contribution in [1.29, 1.82) is 5.26 Å². The predicted octanol–water partition coefficient (Wildman–Crippen LogP) is 2.14. The van der Waals surface area contributed by atoms with E-state index in [0.29, 0.717) is 23.8 Å². The number of methoxy groups -OCH3 is 1. The van der Waals surface area contributed by atoms with Gasteiger partial charge in [-0.1, -0.05) is 0 Å². The summed E-state index contributed by atoms with van der Waals surface area (Å²) in [5.41, 5.74) is 0.818. The van der Waals surface area contributed by atoms with Gasteiger partial charge in [-0.3, -0.25) is 0 Å². The van der Waals surface area contributed by atoms with Crippen LogP contribution in [0.1, 0.15) is 11.5 Å². The summed E-state index contributed by atoms with van der Waals surface area (Å²) in [5, 5.41) is 20.7. The van der Waals surface area contributed by atoms with Gasteiger partial charge in [-0.05, 0) is 24.3 Å². The fourth-order valence-electron chi connectivity index (χ4n) is 1.78. The van der Waals surface area contributed by atoms with Crippen molar-refractivity contribution in [3.8, 4) is 17.6 Å². The molecule has 2 aromatic rings. The first-order valence-corrected chi connectivity index (χ1v) is 6.41. The van der Waals surface area contributed by atoms with E-state index in [4.69, 9.17) is 24.3 Å². The van der Waals surface area contributed by atoms with Gasteiger partial charge in [0.25, 0.3) is 0 Å². The minimum Gasteiger partial charge on any atom is -0.493 e. The second-order valence-electron chi connectivity index (χ2n) is 4.17. The van der Waals surface area contributed by atoms with Crippen molar-refractivity contribution in [2.75, 3.05) is 25.6 Å². The third-order valence-electron chi connectivity index (χ3n) is 2.75. The van der Waals surface area contributed by atoms with Gasteiger partial charge in [-0.15, -0.1) is 0 Å². The van der Waals surface area contributed by atoms with E-state index in [1.54, 1.807) is 31.4 Å². The second-order valence-corrected chi connectivity index (χ2v) is 4.17. The first-order valence-electron chi connectivity index (χ1n) is 6.41. The Bertz CT molecular complexity index is 631. The van der Waals surface area contributed by atoms with Gasteiger partial charge in [0.05, 0.1) is 20.3 Å². The van der Waals surface area contributed by atoms with E-state index in [-0.39, 0.29) is 19.0 Å². The Kier molecular flexibility index (Phi) is 5.07. The van der Waals surface area contributed by atoms with Gasteiger partial charge in [0.2, 0.25) is 5.76 Å². The van der Waals surface area contributed by atoms with E-state index >= 15 is 0 Å². The molecule has 0 amide bonds. The lowest BCUT2D eigenvalue weighted by atomic mass is 10.2. The van der Waals surface area contributed by atoms with E-state index in [9.17, 15) is 0 Å². The topological polar surface area (TPSA) is 87.7 Å². The highest BCUT2D eigenvalue weighted by molar-refractivity contribution is 5.54. The average molecular weight is 288 g/mol. The van der Waals surface area contributed by atoms with Crippen LogP contribution in [-0.2, 0) is 6.54 Å². The highest BCUT2D eigenvalue weighted by atomic mass is 16.5. The molecule has 6 nitrogen and oxygen atoms in total. The molecule has 1 heterocycles. The Morgan fingerprint density at radius 2 is 2.14 bits per heavy atom. The molecule has 0 aliphatic carbocycles. The van der Waals surface area contributed by atoms with Gasteiger partial charge in [-0.25, -0.2) is 0 Å². The van der Waals surface area contributed by atoms with Crippen molar-refractivity contribution >= 4 is 5.69 Å². The number of nitrogens with zero attached hydrogens (tertiary/aromatic N) is 1. The minimum atomic E-state index is -0.0653. The van der Waals surface area contributed by atoms with Crippen LogP contribution < -0.4 is 14.8 Å². The number of rotatable bonds is 7. The zero-order chi connectivity index (χ0) is 15.1. The van der Waals surface area contributed by atoms with E-state index in [1.165, 1.54) is 0 Å². The molecular formula is C15H16N2O4. The number of nitriles is 1. The van der Waals surface area contributed by atoms with Gasteiger partial charge >= 0.3 is 0 Å². The number of hydrogen-bond donors (Lipinski definition) is 2. The molecule has 0 bridgehead atoms. The van der Waals surface area contributed by atoms with Gasteiger partial charge < -0.3 is 24.3 Å². The number of nitrogens with one attached hydrogen (secondary N) is 1. The SMILES string of the molecule is COc1ccc(NCc2ccc(C#N)o2)cc1OCCO. The summed E-state index contributed by atoms with van der Waals surface area (Å²) in [6.45, 7) is 0.584. The van der Waals surface area contributed by atoms with Gasteiger partial charge in [0.15, 0.2) is 11.5 Å².